The number of hydrogen-bond acceptors (Lipinski definition) is 2. The summed E-state index contributed by atoms with van der Waals surface area (Å²) in [4.78, 5) is 24.0. The number of urea groups is 1. The summed E-state index contributed by atoms with van der Waals surface area (Å²) in [5.74, 6) is -1.54. The molecule has 0 saturated heterocycles. The molecule has 0 aliphatic heterocycles. The lowest BCUT2D eigenvalue weighted by Gasteiger charge is -2.21. The third-order valence-electron chi connectivity index (χ3n) is 2.67. The predicted octanol–water partition coefficient (Wildman–Crippen LogP) is 2.22. The molecule has 0 fully saturated rings. The van der Waals surface area contributed by atoms with Gasteiger partial charge in [-0.1, -0.05) is 19.4 Å². The van der Waals surface area contributed by atoms with Crippen LogP contribution in [0.5, 0.6) is 0 Å². The van der Waals surface area contributed by atoms with Gasteiger partial charge in [-0.15, -0.1) is 0 Å². The number of hydrogen-bond donors (Lipinski definition) is 2. The number of carboxylic acids is 1. The topological polar surface area (TPSA) is 69.6 Å². The molecule has 2 amide bonds. The van der Waals surface area contributed by atoms with Gasteiger partial charge >= 0.3 is 12.0 Å². The number of halogens is 1. The largest absolute Gasteiger partial charge is 0.480 e. The second-order valence-corrected chi connectivity index (χ2v) is 4.17. The van der Waals surface area contributed by atoms with Crippen molar-refractivity contribution >= 4 is 17.7 Å². The minimum absolute atomic E-state index is 0.345. The average molecular weight is 268 g/mol. The minimum atomic E-state index is -1.08. The zero-order chi connectivity index (χ0) is 14.4. The van der Waals surface area contributed by atoms with E-state index in [0.29, 0.717) is 18.5 Å². The highest BCUT2D eigenvalue weighted by Gasteiger charge is 2.21. The van der Waals surface area contributed by atoms with Gasteiger partial charge in [-0.05, 0) is 24.6 Å². The van der Waals surface area contributed by atoms with Crippen LogP contribution in [0.15, 0.2) is 24.3 Å². The van der Waals surface area contributed by atoms with Gasteiger partial charge in [-0.25, -0.2) is 14.0 Å². The Labute approximate surface area is 111 Å². The molecule has 5 nitrogen and oxygen atoms in total. The molecule has 0 saturated carbocycles. The van der Waals surface area contributed by atoms with Crippen molar-refractivity contribution in [3.63, 3.8) is 0 Å². The Hall–Kier alpha value is -2.11. The van der Waals surface area contributed by atoms with Gasteiger partial charge < -0.3 is 10.4 Å². The van der Waals surface area contributed by atoms with Crippen LogP contribution in [0.4, 0.5) is 14.9 Å². The zero-order valence-corrected chi connectivity index (χ0v) is 10.9. The quantitative estimate of drug-likeness (QED) is 0.860. The van der Waals surface area contributed by atoms with Crippen LogP contribution >= 0.6 is 0 Å². The summed E-state index contributed by atoms with van der Waals surface area (Å²) in [6, 6.07) is 4.01. The molecule has 2 N–H and O–H groups in total. The van der Waals surface area contributed by atoms with Crippen LogP contribution in [-0.4, -0.2) is 30.2 Å². The molecule has 1 aromatic rings. The van der Waals surface area contributed by atoms with Gasteiger partial charge in [0.1, 0.15) is 11.9 Å². The molecule has 0 aromatic heterocycles. The Morgan fingerprint density at radius 2 is 2.16 bits per heavy atom. The second-order valence-electron chi connectivity index (χ2n) is 4.17. The molecule has 19 heavy (non-hydrogen) atoms. The van der Waals surface area contributed by atoms with E-state index in [1.807, 2.05) is 6.92 Å². The van der Waals surface area contributed by atoms with Crippen LogP contribution in [0.2, 0.25) is 0 Å². The first-order valence-corrected chi connectivity index (χ1v) is 5.98. The standard InChI is InChI=1S/C13H17FN2O3/c1-3-5-11(12(17)18)15-13(19)16(2)10-7-4-6-9(14)8-10/h4,6-8,11H,3,5H2,1-2H3,(H,15,19)(H,17,18). The predicted molar refractivity (Wildman–Crippen MR) is 69.7 cm³/mol. The fraction of sp³-hybridized carbons (Fsp3) is 0.385. The van der Waals surface area contributed by atoms with Crippen molar-refractivity contribution in [2.45, 2.75) is 25.8 Å². The molecule has 0 spiro atoms. The number of rotatable bonds is 5. The van der Waals surface area contributed by atoms with Gasteiger partial charge in [0.25, 0.3) is 0 Å². The maximum atomic E-state index is 13.0. The van der Waals surface area contributed by atoms with Crippen LogP contribution in [0, 0.1) is 5.82 Å². The molecule has 104 valence electrons. The zero-order valence-electron chi connectivity index (χ0n) is 10.9. The molecule has 0 heterocycles. The first-order valence-electron chi connectivity index (χ1n) is 5.98. The average Bonchev–Trinajstić information content (AvgIpc) is 2.37. The van der Waals surface area contributed by atoms with Crippen molar-refractivity contribution in [3.05, 3.63) is 30.1 Å². The number of carboxylic acid groups (broad SMARTS) is 1. The van der Waals surface area contributed by atoms with Crippen molar-refractivity contribution < 1.29 is 19.1 Å². The van der Waals surface area contributed by atoms with Crippen molar-refractivity contribution in [1.29, 1.82) is 0 Å². The number of carbonyl (C=O) groups is 2. The van der Waals surface area contributed by atoms with Crippen LogP contribution in [-0.2, 0) is 4.79 Å². The molecule has 1 rings (SSSR count). The van der Waals surface area contributed by atoms with Crippen LogP contribution in [0.25, 0.3) is 0 Å². The van der Waals surface area contributed by atoms with Crippen molar-refractivity contribution in [3.8, 4) is 0 Å². The fourth-order valence-electron chi connectivity index (χ4n) is 1.59. The molecular formula is C13H17FN2O3. The van der Waals surface area contributed by atoms with E-state index in [1.165, 1.54) is 30.1 Å². The number of nitrogens with one attached hydrogen (secondary N) is 1. The summed E-state index contributed by atoms with van der Waals surface area (Å²) in [6.45, 7) is 1.83. The Morgan fingerprint density at radius 1 is 1.47 bits per heavy atom. The molecular weight excluding hydrogens is 251 g/mol. The number of anilines is 1. The summed E-state index contributed by atoms with van der Waals surface area (Å²) in [5.41, 5.74) is 0.359. The molecule has 6 heteroatoms. The van der Waals surface area contributed by atoms with Crippen molar-refractivity contribution in [2.24, 2.45) is 0 Å². The molecule has 1 atom stereocenters. The first-order chi connectivity index (χ1) is 8.95. The number of aliphatic carboxylic acids is 1. The highest BCUT2D eigenvalue weighted by atomic mass is 19.1. The van der Waals surface area contributed by atoms with E-state index in [4.69, 9.17) is 5.11 Å². The molecule has 0 bridgehead atoms. The maximum Gasteiger partial charge on any atom is 0.326 e. The molecule has 0 aliphatic rings. The smallest absolute Gasteiger partial charge is 0.326 e. The summed E-state index contributed by atoms with van der Waals surface area (Å²) in [6.07, 6.45) is 0.985. The summed E-state index contributed by atoms with van der Waals surface area (Å²) in [7, 11) is 1.45. The van der Waals surface area contributed by atoms with Gasteiger partial charge in [0.2, 0.25) is 0 Å². The first kappa shape index (κ1) is 14.9. The van der Waals surface area contributed by atoms with Crippen molar-refractivity contribution in [2.75, 3.05) is 11.9 Å². The fourth-order valence-corrected chi connectivity index (χ4v) is 1.59. The van der Waals surface area contributed by atoms with E-state index in [2.05, 4.69) is 5.32 Å². The number of nitrogens with zero attached hydrogens (tertiary/aromatic N) is 1. The Kier molecular flexibility index (Phi) is 5.29. The van der Waals surface area contributed by atoms with Crippen LogP contribution in [0.3, 0.4) is 0 Å². The molecule has 0 aliphatic carbocycles. The summed E-state index contributed by atoms with van der Waals surface area (Å²) in [5, 5.41) is 11.4. The Bertz CT molecular complexity index is 465. The number of amides is 2. The lowest BCUT2D eigenvalue weighted by Crippen LogP contribution is -2.46. The van der Waals surface area contributed by atoms with E-state index < -0.39 is 23.9 Å². The van der Waals surface area contributed by atoms with Crippen LogP contribution in [0.1, 0.15) is 19.8 Å². The minimum Gasteiger partial charge on any atom is -0.480 e. The monoisotopic (exact) mass is 268 g/mol. The molecule has 1 unspecified atom stereocenters. The van der Waals surface area contributed by atoms with E-state index in [9.17, 15) is 14.0 Å². The second kappa shape index (κ2) is 6.72. The number of benzene rings is 1. The van der Waals surface area contributed by atoms with Gasteiger partial charge in [0.05, 0.1) is 0 Å². The lowest BCUT2D eigenvalue weighted by atomic mass is 10.2. The maximum absolute atomic E-state index is 13.0. The van der Waals surface area contributed by atoms with Gasteiger partial charge in [-0.3, -0.25) is 4.90 Å². The lowest BCUT2D eigenvalue weighted by molar-refractivity contribution is -0.139. The highest BCUT2D eigenvalue weighted by molar-refractivity contribution is 5.93. The summed E-state index contributed by atoms with van der Waals surface area (Å²) >= 11 is 0. The Balaban J connectivity index is 2.74. The van der Waals surface area contributed by atoms with E-state index in [0.717, 1.165) is 0 Å². The number of carbonyl (C=O) groups excluding carboxylic acids is 1. The SMILES string of the molecule is CCCC(NC(=O)N(C)c1cccc(F)c1)C(=O)O. The third-order valence-corrected chi connectivity index (χ3v) is 2.67. The Morgan fingerprint density at radius 3 is 2.68 bits per heavy atom. The van der Waals surface area contributed by atoms with Crippen molar-refractivity contribution in [1.82, 2.24) is 5.32 Å². The molecule has 0 radical (unpaired) electrons. The molecule has 1 aromatic carbocycles. The highest BCUT2D eigenvalue weighted by Crippen LogP contribution is 2.14. The van der Waals surface area contributed by atoms with Gasteiger partial charge in [-0.2, -0.15) is 0 Å². The van der Waals surface area contributed by atoms with Crippen LogP contribution < -0.4 is 10.2 Å². The third kappa shape index (κ3) is 4.24. The van der Waals surface area contributed by atoms with E-state index >= 15 is 0 Å². The van der Waals surface area contributed by atoms with Gasteiger partial charge in [0.15, 0.2) is 0 Å². The normalized spacial score (nSPS) is 11.7. The van der Waals surface area contributed by atoms with Gasteiger partial charge in [0, 0.05) is 12.7 Å². The van der Waals surface area contributed by atoms with E-state index in [-0.39, 0.29) is 0 Å². The van der Waals surface area contributed by atoms with E-state index in [1.54, 1.807) is 6.07 Å². The summed E-state index contributed by atoms with van der Waals surface area (Å²) < 4.78 is 13.0.